The van der Waals surface area contributed by atoms with E-state index in [0.717, 1.165) is 29.9 Å². The average Bonchev–Trinajstić information content (AvgIpc) is 2.91. The molecule has 17 heavy (non-hydrogen) atoms. The van der Waals surface area contributed by atoms with Crippen molar-refractivity contribution < 1.29 is 0 Å². The maximum Gasteiger partial charge on any atom is 0.0408 e. The van der Waals surface area contributed by atoms with Crippen LogP contribution in [0.15, 0.2) is 24.3 Å². The van der Waals surface area contributed by atoms with E-state index in [9.17, 15) is 0 Å². The normalized spacial score (nSPS) is 27.5. The Bertz CT molecular complexity index is 388. The van der Waals surface area contributed by atoms with E-state index in [1.807, 2.05) is 6.07 Å². The molecule has 0 radical (unpaired) electrons. The van der Waals surface area contributed by atoms with Gasteiger partial charge in [0.2, 0.25) is 0 Å². The third kappa shape index (κ3) is 3.02. The van der Waals surface area contributed by atoms with Crippen LogP contribution in [-0.2, 0) is 5.41 Å². The fraction of sp³-hybridized carbons (Fsp3) is 0.600. The Kier molecular flexibility index (Phi) is 3.79. The van der Waals surface area contributed by atoms with Crippen LogP contribution >= 0.6 is 11.6 Å². The highest BCUT2D eigenvalue weighted by atomic mass is 35.5. The Morgan fingerprint density at radius 3 is 2.88 bits per heavy atom. The molecule has 0 aliphatic heterocycles. The van der Waals surface area contributed by atoms with Crippen LogP contribution in [0.1, 0.15) is 32.8 Å². The van der Waals surface area contributed by atoms with Crippen molar-refractivity contribution in [1.29, 1.82) is 0 Å². The minimum atomic E-state index is 0.342. The first-order valence-corrected chi connectivity index (χ1v) is 6.87. The highest BCUT2D eigenvalue weighted by Crippen LogP contribution is 2.53. The molecule has 0 heterocycles. The van der Waals surface area contributed by atoms with Gasteiger partial charge in [0.25, 0.3) is 0 Å². The van der Waals surface area contributed by atoms with Gasteiger partial charge in [-0.2, -0.15) is 0 Å². The molecule has 1 aliphatic carbocycles. The predicted molar refractivity (Wildman–Crippen MR) is 74.6 cm³/mol. The van der Waals surface area contributed by atoms with Gasteiger partial charge in [-0.25, -0.2) is 0 Å². The zero-order valence-electron chi connectivity index (χ0n) is 11.0. The lowest BCUT2D eigenvalue weighted by molar-refractivity contribution is 0.515. The molecule has 1 aromatic carbocycles. The number of nitrogens with one attached hydrogen (secondary N) is 1. The molecule has 1 nitrogen and oxygen atoms in total. The third-order valence-corrected chi connectivity index (χ3v) is 4.07. The van der Waals surface area contributed by atoms with Crippen LogP contribution in [0.4, 0.5) is 0 Å². The molecule has 2 rings (SSSR count). The second-order valence-electron chi connectivity index (χ2n) is 5.88. The van der Waals surface area contributed by atoms with Crippen LogP contribution in [0.5, 0.6) is 0 Å². The standard InChI is InChI=1S/C15H22ClN/c1-11(2)9-17-10-13-8-15(13,3)12-5-4-6-14(16)7-12/h4-7,11,13,17H,8-10H2,1-3H3. The van der Waals surface area contributed by atoms with Crippen molar-refractivity contribution in [3.63, 3.8) is 0 Å². The SMILES string of the molecule is CC(C)CNCC1CC1(C)c1cccc(Cl)c1. The Balaban J connectivity index is 1.91. The second kappa shape index (κ2) is 4.99. The van der Waals surface area contributed by atoms with Crippen LogP contribution < -0.4 is 5.32 Å². The van der Waals surface area contributed by atoms with Gasteiger partial charge in [-0.15, -0.1) is 0 Å². The third-order valence-electron chi connectivity index (χ3n) is 3.84. The van der Waals surface area contributed by atoms with Gasteiger partial charge in [0, 0.05) is 5.02 Å². The summed E-state index contributed by atoms with van der Waals surface area (Å²) < 4.78 is 0. The minimum Gasteiger partial charge on any atom is -0.316 e. The van der Waals surface area contributed by atoms with Crippen molar-refractivity contribution in [2.24, 2.45) is 11.8 Å². The van der Waals surface area contributed by atoms with E-state index >= 15 is 0 Å². The number of hydrogen-bond acceptors (Lipinski definition) is 1. The van der Waals surface area contributed by atoms with Crippen LogP contribution in [0.2, 0.25) is 5.02 Å². The zero-order valence-corrected chi connectivity index (χ0v) is 11.7. The summed E-state index contributed by atoms with van der Waals surface area (Å²) in [5.41, 5.74) is 1.73. The van der Waals surface area contributed by atoms with Crippen molar-refractivity contribution >= 4 is 11.6 Å². The Hall–Kier alpha value is -0.530. The molecule has 2 heteroatoms. The Labute approximate surface area is 110 Å². The molecule has 0 spiro atoms. The number of rotatable bonds is 5. The van der Waals surface area contributed by atoms with E-state index in [-0.39, 0.29) is 0 Å². The highest BCUT2D eigenvalue weighted by Gasteiger charge is 2.50. The van der Waals surface area contributed by atoms with Crippen LogP contribution in [0, 0.1) is 11.8 Å². The molecule has 94 valence electrons. The molecule has 1 fully saturated rings. The molecular formula is C15H22ClN. The highest BCUT2D eigenvalue weighted by molar-refractivity contribution is 6.30. The van der Waals surface area contributed by atoms with Crippen LogP contribution in [0.25, 0.3) is 0 Å². The topological polar surface area (TPSA) is 12.0 Å². The fourth-order valence-electron chi connectivity index (χ4n) is 2.49. The molecule has 1 aromatic rings. The molecule has 2 atom stereocenters. The Morgan fingerprint density at radius 1 is 1.47 bits per heavy atom. The summed E-state index contributed by atoms with van der Waals surface area (Å²) >= 11 is 6.06. The van der Waals surface area contributed by atoms with E-state index in [2.05, 4.69) is 44.3 Å². The van der Waals surface area contributed by atoms with Crippen molar-refractivity contribution in [2.45, 2.75) is 32.6 Å². The van der Waals surface area contributed by atoms with Gasteiger partial charge >= 0.3 is 0 Å². The van der Waals surface area contributed by atoms with Crippen LogP contribution in [-0.4, -0.2) is 13.1 Å². The molecule has 2 unspecified atom stereocenters. The minimum absolute atomic E-state index is 0.342. The van der Waals surface area contributed by atoms with E-state index in [4.69, 9.17) is 11.6 Å². The van der Waals surface area contributed by atoms with Gasteiger partial charge < -0.3 is 5.32 Å². The van der Waals surface area contributed by atoms with Crippen molar-refractivity contribution in [3.8, 4) is 0 Å². The van der Waals surface area contributed by atoms with Gasteiger partial charge in [-0.3, -0.25) is 0 Å². The van der Waals surface area contributed by atoms with Gasteiger partial charge in [0.1, 0.15) is 0 Å². The molecule has 1 aliphatic rings. The molecule has 0 amide bonds. The van der Waals surface area contributed by atoms with Gasteiger partial charge in [0.15, 0.2) is 0 Å². The molecule has 0 aromatic heterocycles. The van der Waals surface area contributed by atoms with E-state index in [0.29, 0.717) is 5.41 Å². The van der Waals surface area contributed by atoms with E-state index in [1.165, 1.54) is 12.0 Å². The monoisotopic (exact) mass is 251 g/mol. The van der Waals surface area contributed by atoms with Crippen molar-refractivity contribution in [1.82, 2.24) is 5.32 Å². The fourth-order valence-corrected chi connectivity index (χ4v) is 2.68. The maximum atomic E-state index is 6.06. The van der Waals surface area contributed by atoms with Gasteiger partial charge in [-0.05, 0) is 54.5 Å². The Morgan fingerprint density at radius 2 is 2.24 bits per heavy atom. The van der Waals surface area contributed by atoms with Crippen molar-refractivity contribution in [3.05, 3.63) is 34.9 Å². The zero-order chi connectivity index (χ0) is 12.5. The summed E-state index contributed by atoms with van der Waals surface area (Å²) in [6.45, 7) is 9.08. The smallest absolute Gasteiger partial charge is 0.0408 e. The van der Waals surface area contributed by atoms with E-state index < -0.39 is 0 Å². The van der Waals surface area contributed by atoms with Crippen LogP contribution in [0.3, 0.4) is 0 Å². The first-order valence-electron chi connectivity index (χ1n) is 6.49. The first kappa shape index (κ1) is 12.9. The lowest BCUT2D eigenvalue weighted by Gasteiger charge is -2.13. The first-order chi connectivity index (χ1) is 8.02. The number of halogens is 1. The molecule has 0 bridgehead atoms. The number of hydrogen-bond donors (Lipinski definition) is 1. The molecular weight excluding hydrogens is 230 g/mol. The largest absolute Gasteiger partial charge is 0.316 e. The molecule has 0 saturated heterocycles. The summed E-state index contributed by atoms with van der Waals surface area (Å²) in [6, 6.07) is 8.32. The summed E-state index contributed by atoms with van der Waals surface area (Å²) in [7, 11) is 0. The summed E-state index contributed by atoms with van der Waals surface area (Å²) in [4.78, 5) is 0. The summed E-state index contributed by atoms with van der Waals surface area (Å²) in [6.07, 6.45) is 1.28. The average molecular weight is 252 g/mol. The second-order valence-corrected chi connectivity index (χ2v) is 6.32. The number of benzene rings is 1. The maximum absolute atomic E-state index is 6.06. The van der Waals surface area contributed by atoms with E-state index in [1.54, 1.807) is 0 Å². The lowest BCUT2D eigenvalue weighted by Crippen LogP contribution is -2.24. The predicted octanol–water partition coefficient (Wildman–Crippen LogP) is 3.86. The van der Waals surface area contributed by atoms with Gasteiger partial charge in [-0.1, -0.05) is 44.5 Å². The van der Waals surface area contributed by atoms with Gasteiger partial charge in [0.05, 0.1) is 0 Å². The quantitative estimate of drug-likeness (QED) is 0.838. The molecule has 1 N–H and O–H groups in total. The lowest BCUT2D eigenvalue weighted by atomic mass is 9.95. The molecule has 1 saturated carbocycles. The summed E-state index contributed by atoms with van der Waals surface area (Å²) in [5, 5.41) is 4.40. The summed E-state index contributed by atoms with van der Waals surface area (Å²) in [5.74, 6) is 1.49. The van der Waals surface area contributed by atoms with Crippen molar-refractivity contribution in [2.75, 3.05) is 13.1 Å².